The third kappa shape index (κ3) is 7.02. The van der Waals surface area contributed by atoms with Crippen molar-refractivity contribution in [1.82, 2.24) is 10.6 Å². The number of amides is 2. The molecule has 1 saturated carbocycles. The highest BCUT2D eigenvalue weighted by Gasteiger charge is 2.42. The molecule has 152 valence electrons. The van der Waals surface area contributed by atoms with Crippen LogP contribution < -0.4 is 10.6 Å². The third-order valence-corrected chi connectivity index (χ3v) is 5.03. The maximum absolute atomic E-state index is 12.1. The van der Waals surface area contributed by atoms with Gasteiger partial charge in [0.05, 0.1) is 17.9 Å². The van der Waals surface area contributed by atoms with Gasteiger partial charge in [-0.3, -0.25) is 9.59 Å². The highest BCUT2D eigenvalue weighted by atomic mass is 16.4. The van der Waals surface area contributed by atoms with Crippen molar-refractivity contribution >= 4 is 24.0 Å². The summed E-state index contributed by atoms with van der Waals surface area (Å²) in [7, 11) is 0. The Bertz CT molecular complexity index is 643. The summed E-state index contributed by atoms with van der Waals surface area (Å²) in [4.78, 5) is 48.7. The Balaban J connectivity index is 2.65. The zero-order valence-electron chi connectivity index (χ0n) is 16.3. The Morgan fingerprint density at radius 2 is 1.81 bits per heavy atom. The summed E-state index contributed by atoms with van der Waals surface area (Å²) >= 11 is 0. The summed E-state index contributed by atoms with van der Waals surface area (Å²) in [6.07, 6.45) is 3.26. The van der Waals surface area contributed by atoms with Gasteiger partial charge in [-0.25, -0.2) is 14.6 Å². The molecule has 0 bridgehead atoms. The van der Waals surface area contributed by atoms with E-state index in [1.165, 1.54) is 6.92 Å². The molecule has 1 rings (SSSR count). The maximum Gasteiger partial charge on any atom is 0.314 e. The highest BCUT2D eigenvalue weighted by molar-refractivity contribution is 5.82. The van der Waals surface area contributed by atoms with E-state index in [9.17, 15) is 24.3 Å². The summed E-state index contributed by atoms with van der Waals surface area (Å²) in [6.45, 7) is 7.48. The van der Waals surface area contributed by atoms with Gasteiger partial charge in [0.15, 0.2) is 0 Å². The minimum atomic E-state index is -1.59. The van der Waals surface area contributed by atoms with Gasteiger partial charge in [0, 0.05) is 13.1 Å². The third-order valence-electron chi connectivity index (χ3n) is 5.03. The number of carbonyl (C=O) groups is 3. The van der Waals surface area contributed by atoms with Crippen molar-refractivity contribution in [2.45, 2.75) is 59.4 Å². The fourth-order valence-corrected chi connectivity index (χ4v) is 4.06. The van der Waals surface area contributed by atoms with Crippen molar-refractivity contribution in [3.05, 3.63) is 0 Å². The zero-order valence-corrected chi connectivity index (χ0v) is 16.3. The molecule has 1 fully saturated rings. The number of carboxylic acids is 2. The molecule has 0 aromatic rings. The molecule has 3 unspecified atom stereocenters. The van der Waals surface area contributed by atoms with Crippen LogP contribution in [0.3, 0.4) is 0 Å². The van der Waals surface area contributed by atoms with Gasteiger partial charge in [-0.2, -0.15) is 0 Å². The molecule has 27 heavy (non-hydrogen) atoms. The number of carboxylic acid groups (broad SMARTS) is 2. The maximum atomic E-state index is 12.1. The lowest BCUT2D eigenvalue weighted by atomic mass is 9.63. The van der Waals surface area contributed by atoms with E-state index >= 15 is 0 Å². The molecule has 9 nitrogen and oxygen atoms in total. The summed E-state index contributed by atoms with van der Waals surface area (Å²) in [5.41, 5.74) is -1.91. The van der Waals surface area contributed by atoms with Gasteiger partial charge in [0.25, 0.3) is 0 Å². The van der Waals surface area contributed by atoms with Crippen molar-refractivity contribution in [3.63, 3.8) is 0 Å². The van der Waals surface area contributed by atoms with Crippen LogP contribution in [0.2, 0.25) is 0 Å². The van der Waals surface area contributed by atoms with Gasteiger partial charge in [0.2, 0.25) is 6.08 Å². The number of nitrogens with one attached hydrogen (secondary N) is 2. The molecule has 0 heterocycles. The molecule has 0 aromatic carbocycles. The monoisotopic (exact) mass is 383 g/mol. The minimum absolute atomic E-state index is 0.0421. The highest BCUT2D eigenvalue weighted by Crippen LogP contribution is 2.46. The lowest BCUT2D eigenvalue weighted by Gasteiger charge is -2.45. The van der Waals surface area contributed by atoms with E-state index < -0.39 is 29.8 Å². The molecule has 9 heteroatoms. The van der Waals surface area contributed by atoms with Crippen molar-refractivity contribution in [1.29, 1.82) is 0 Å². The van der Waals surface area contributed by atoms with Gasteiger partial charge in [-0.1, -0.05) is 20.8 Å². The predicted molar refractivity (Wildman–Crippen MR) is 97.0 cm³/mol. The number of hydrogen-bond acceptors (Lipinski definition) is 5. The van der Waals surface area contributed by atoms with Gasteiger partial charge < -0.3 is 20.8 Å². The van der Waals surface area contributed by atoms with E-state index in [1.54, 1.807) is 6.08 Å². The SMILES string of the molecule is CC1(C)CC(N=C=O)CC(C)(CNC(=O)NCC(C)(CC(=O)O)C(=O)O)C1. The summed E-state index contributed by atoms with van der Waals surface area (Å²) in [5.74, 6) is -2.54. The number of aliphatic imine (C=N–C) groups is 1. The Morgan fingerprint density at radius 1 is 1.19 bits per heavy atom. The second-order valence-corrected chi connectivity index (χ2v) is 8.91. The smallest absolute Gasteiger partial charge is 0.314 e. The average Bonchev–Trinajstić information content (AvgIpc) is 2.48. The van der Waals surface area contributed by atoms with Crippen LogP contribution in [0.1, 0.15) is 53.4 Å². The quantitative estimate of drug-likeness (QED) is 0.371. The van der Waals surface area contributed by atoms with E-state index in [1.807, 2.05) is 6.92 Å². The first-order valence-electron chi connectivity index (χ1n) is 8.85. The molecular weight excluding hydrogens is 354 g/mol. The number of rotatable bonds is 8. The first-order chi connectivity index (χ1) is 12.3. The van der Waals surface area contributed by atoms with Crippen LogP contribution in [0, 0.1) is 16.2 Å². The topological polar surface area (TPSA) is 145 Å². The Labute approximate surface area is 158 Å². The number of nitrogens with zero attached hydrogens (tertiary/aromatic N) is 1. The molecule has 0 saturated heterocycles. The van der Waals surface area contributed by atoms with E-state index in [0.29, 0.717) is 13.0 Å². The largest absolute Gasteiger partial charge is 0.481 e. The van der Waals surface area contributed by atoms with Crippen LogP contribution in [0.5, 0.6) is 0 Å². The Hall–Kier alpha value is -2.41. The first kappa shape index (κ1) is 22.6. The van der Waals surface area contributed by atoms with Crippen molar-refractivity contribution in [2.24, 2.45) is 21.2 Å². The van der Waals surface area contributed by atoms with E-state index in [0.717, 1.165) is 12.8 Å². The van der Waals surface area contributed by atoms with Crippen LogP contribution in [0.15, 0.2) is 4.99 Å². The lowest BCUT2D eigenvalue weighted by Crippen LogP contribution is -2.49. The molecule has 0 radical (unpaired) electrons. The van der Waals surface area contributed by atoms with E-state index in [-0.39, 0.29) is 23.4 Å². The van der Waals surface area contributed by atoms with Crippen LogP contribution >= 0.6 is 0 Å². The molecule has 0 aromatic heterocycles. The van der Waals surface area contributed by atoms with Crippen molar-refractivity contribution in [3.8, 4) is 0 Å². The second kappa shape index (κ2) is 8.52. The van der Waals surface area contributed by atoms with Crippen LogP contribution in [0.25, 0.3) is 0 Å². The number of carbonyl (C=O) groups excluding carboxylic acids is 2. The van der Waals surface area contributed by atoms with Gasteiger partial charge in [-0.05, 0) is 37.0 Å². The van der Waals surface area contributed by atoms with E-state index in [2.05, 4.69) is 29.5 Å². The fraction of sp³-hybridized carbons (Fsp3) is 0.778. The van der Waals surface area contributed by atoms with Gasteiger partial charge in [0.1, 0.15) is 0 Å². The normalized spacial score (nSPS) is 26.1. The summed E-state index contributed by atoms with van der Waals surface area (Å²) < 4.78 is 0. The Morgan fingerprint density at radius 3 is 2.33 bits per heavy atom. The molecule has 1 aliphatic carbocycles. The molecular formula is C18H29N3O6. The molecule has 4 N–H and O–H groups in total. The summed E-state index contributed by atoms with van der Waals surface area (Å²) in [6, 6.07) is -0.708. The lowest BCUT2D eigenvalue weighted by molar-refractivity contribution is -0.154. The first-order valence-corrected chi connectivity index (χ1v) is 8.85. The molecule has 0 spiro atoms. The van der Waals surface area contributed by atoms with Crippen LogP contribution in [-0.4, -0.2) is 53.4 Å². The van der Waals surface area contributed by atoms with Gasteiger partial charge in [-0.15, -0.1) is 0 Å². The molecule has 1 aliphatic rings. The molecule has 0 aliphatic heterocycles. The fourth-order valence-electron chi connectivity index (χ4n) is 4.06. The van der Waals surface area contributed by atoms with Crippen LogP contribution in [0.4, 0.5) is 4.79 Å². The average molecular weight is 383 g/mol. The zero-order chi connectivity index (χ0) is 20.9. The number of urea groups is 1. The standard InChI is InChI=1S/C18H29N3O6/c1-16(2)5-12(21-11-22)6-17(3,8-16)9-19-15(27)20-10-18(4,14(25)26)7-13(23)24/h12H,5-10H2,1-4H3,(H,23,24)(H,25,26)(H2,19,20,27). The van der Waals surface area contributed by atoms with Crippen LogP contribution in [-0.2, 0) is 14.4 Å². The predicted octanol–water partition coefficient (Wildman–Crippen LogP) is 1.77. The Kier molecular flexibility index (Phi) is 7.14. The number of hydrogen-bond donors (Lipinski definition) is 4. The molecule has 2 amide bonds. The van der Waals surface area contributed by atoms with Crippen molar-refractivity contribution < 1.29 is 29.4 Å². The minimum Gasteiger partial charge on any atom is -0.481 e. The molecule has 3 atom stereocenters. The second-order valence-electron chi connectivity index (χ2n) is 8.91. The van der Waals surface area contributed by atoms with Crippen molar-refractivity contribution in [2.75, 3.05) is 13.1 Å². The van der Waals surface area contributed by atoms with E-state index in [4.69, 9.17) is 5.11 Å². The van der Waals surface area contributed by atoms with Gasteiger partial charge >= 0.3 is 18.0 Å². The number of aliphatic carboxylic acids is 2. The summed E-state index contributed by atoms with van der Waals surface area (Å²) in [5, 5.41) is 23.3. The number of isocyanates is 1.